The first kappa shape index (κ1) is 17.0. The van der Waals surface area contributed by atoms with Crippen LogP contribution in [0.4, 0.5) is 0 Å². The Kier molecular flexibility index (Phi) is 5.26. The van der Waals surface area contributed by atoms with Crippen LogP contribution >= 0.6 is 11.5 Å². The van der Waals surface area contributed by atoms with Gasteiger partial charge in [0.25, 0.3) is 5.91 Å². The van der Waals surface area contributed by atoms with Gasteiger partial charge in [0.1, 0.15) is 4.88 Å². The molecule has 1 aliphatic heterocycles. The lowest BCUT2D eigenvalue weighted by Gasteiger charge is -2.41. The van der Waals surface area contributed by atoms with Gasteiger partial charge in [0.2, 0.25) is 0 Å². The molecule has 1 fully saturated rings. The first-order valence-electron chi connectivity index (χ1n) is 8.38. The highest BCUT2D eigenvalue weighted by molar-refractivity contribution is 7.07. The van der Waals surface area contributed by atoms with Crippen molar-refractivity contribution in [3.05, 3.63) is 46.5 Å². The van der Waals surface area contributed by atoms with Crippen LogP contribution in [0.25, 0.3) is 0 Å². The van der Waals surface area contributed by atoms with Crippen LogP contribution in [-0.2, 0) is 6.54 Å². The van der Waals surface area contributed by atoms with Gasteiger partial charge < -0.3 is 4.90 Å². The number of likely N-dealkylation sites (tertiary alicyclic amines) is 1. The maximum absolute atomic E-state index is 12.7. The normalized spacial score (nSPS) is 21.6. The molecule has 1 aromatic heterocycles. The molecule has 0 radical (unpaired) electrons. The molecule has 1 aliphatic rings. The summed E-state index contributed by atoms with van der Waals surface area (Å²) in [5.74, 6) is 0.494. The van der Waals surface area contributed by atoms with Crippen LogP contribution in [0.2, 0.25) is 0 Å². The second kappa shape index (κ2) is 7.40. The van der Waals surface area contributed by atoms with Gasteiger partial charge in [-0.3, -0.25) is 9.69 Å². The average Bonchev–Trinajstić information content (AvgIpc) is 3.01. The van der Waals surface area contributed by atoms with Crippen LogP contribution in [0.15, 0.2) is 30.3 Å². The van der Waals surface area contributed by atoms with Gasteiger partial charge in [-0.05, 0) is 36.4 Å². The van der Waals surface area contributed by atoms with Crippen molar-refractivity contribution in [2.45, 2.75) is 32.9 Å². The van der Waals surface area contributed by atoms with Crippen LogP contribution in [-0.4, -0.2) is 51.5 Å². The van der Waals surface area contributed by atoms with Gasteiger partial charge in [-0.2, -0.15) is 0 Å². The number of benzene rings is 1. The molecule has 0 aliphatic carbocycles. The minimum atomic E-state index is 0.0517. The number of aromatic nitrogens is 2. The third-order valence-corrected chi connectivity index (χ3v) is 5.67. The van der Waals surface area contributed by atoms with Gasteiger partial charge in [0, 0.05) is 32.7 Å². The van der Waals surface area contributed by atoms with E-state index in [0.717, 1.165) is 31.7 Å². The van der Waals surface area contributed by atoms with Crippen LogP contribution in [0.5, 0.6) is 0 Å². The zero-order valence-electron chi connectivity index (χ0n) is 14.5. The molecule has 1 aromatic carbocycles. The number of carbonyl (C=O) groups is 1. The number of amides is 1. The highest BCUT2D eigenvalue weighted by Crippen LogP contribution is 2.25. The second-order valence-electron chi connectivity index (χ2n) is 6.66. The van der Waals surface area contributed by atoms with E-state index < -0.39 is 0 Å². The molecular weight excluding hydrogens is 320 g/mol. The molecule has 0 bridgehead atoms. The third kappa shape index (κ3) is 3.65. The molecule has 2 atom stereocenters. The van der Waals surface area contributed by atoms with E-state index in [-0.39, 0.29) is 11.9 Å². The van der Waals surface area contributed by atoms with Gasteiger partial charge in [0.15, 0.2) is 0 Å². The van der Waals surface area contributed by atoms with Crippen molar-refractivity contribution in [3.63, 3.8) is 0 Å². The number of nitrogens with zero attached hydrogens (tertiary/aromatic N) is 4. The Morgan fingerprint density at radius 1 is 1.38 bits per heavy atom. The summed E-state index contributed by atoms with van der Waals surface area (Å²) in [7, 11) is 1.91. The topological polar surface area (TPSA) is 49.3 Å². The van der Waals surface area contributed by atoms with Gasteiger partial charge in [-0.1, -0.05) is 41.7 Å². The zero-order chi connectivity index (χ0) is 17.1. The molecule has 2 heterocycles. The van der Waals surface area contributed by atoms with E-state index in [4.69, 9.17) is 0 Å². The van der Waals surface area contributed by atoms with E-state index in [9.17, 15) is 4.79 Å². The fourth-order valence-corrected chi connectivity index (χ4v) is 4.16. The molecular formula is C18H24N4OS. The fraction of sp³-hybridized carbons (Fsp3) is 0.500. The van der Waals surface area contributed by atoms with Crippen LogP contribution in [0, 0.1) is 12.8 Å². The van der Waals surface area contributed by atoms with Gasteiger partial charge >= 0.3 is 0 Å². The Morgan fingerprint density at radius 2 is 2.12 bits per heavy atom. The highest BCUT2D eigenvalue weighted by Gasteiger charge is 2.32. The Morgan fingerprint density at radius 3 is 2.75 bits per heavy atom. The predicted octanol–water partition coefficient (Wildman–Crippen LogP) is 2.83. The van der Waals surface area contributed by atoms with Crippen LogP contribution in [0.3, 0.4) is 0 Å². The molecule has 1 amide bonds. The van der Waals surface area contributed by atoms with E-state index in [1.54, 1.807) is 0 Å². The first-order valence-corrected chi connectivity index (χ1v) is 9.16. The summed E-state index contributed by atoms with van der Waals surface area (Å²) >= 11 is 1.19. The van der Waals surface area contributed by atoms with Crippen molar-refractivity contribution in [1.29, 1.82) is 0 Å². The maximum Gasteiger partial charge on any atom is 0.267 e. The molecule has 0 spiro atoms. The third-order valence-electron chi connectivity index (χ3n) is 4.86. The summed E-state index contributed by atoms with van der Waals surface area (Å²) in [6.07, 6.45) is 1.00. The number of hydrogen-bond acceptors (Lipinski definition) is 5. The van der Waals surface area contributed by atoms with Gasteiger partial charge in [-0.25, -0.2) is 0 Å². The van der Waals surface area contributed by atoms with Crippen molar-refractivity contribution in [1.82, 2.24) is 19.4 Å². The molecule has 6 heteroatoms. The number of hydrogen-bond donors (Lipinski definition) is 0. The van der Waals surface area contributed by atoms with Gasteiger partial charge in [0.05, 0.1) is 5.69 Å². The predicted molar refractivity (Wildman–Crippen MR) is 96.0 cm³/mol. The SMILES string of the molecule is Cc1nnsc1C(=O)N(C)[C@H]1CCN(Cc2ccccc2)C[C@@H]1C. The molecule has 2 aromatic rings. The Bertz CT molecular complexity index is 687. The molecule has 0 unspecified atom stereocenters. The summed E-state index contributed by atoms with van der Waals surface area (Å²) < 4.78 is 3.88. The average molecular weight is 344 g/mol. The number of piperidine rings is 1. The van der Waals surface area contributed by atoms with E-state index in [2.05, 4.69) is 51.7 Å². The lowest BCUT2D eigenvalue weighted by atomic mass is 9.92. The monoisotopic (exact) mass is 344 g/mol. The highest BCUT2D eigenvalue weighted by atomic mass is 32.1. The zero-order valence-corrected chi connectivity index (χ0v) is 15.3. The summed E-state index contributed by atoms with van der Waals surface area (Å²) in [5, 5.41) is 3.96. The quantitative estimate of drug-likeness (QED) is 0.856. The largest absolute Gasteiger partial charge is 0.338 e. The van der Waals surface area contributed by atoms with Gasteiger partial charge in [-0.15, -0.1) is 5.10 Å². The fourth-order valence-electron chi connectivity index (χ4n) is 3.52. The molecule has 1 saturated heterocycles. The number of carbonyl (C=O) groups excluding carboxylic acids is 1. The van der Waals surface area contributed by atoms with Crippen molar-refractivity contribution in [3.8, 4) is 0 Å². The van der Waals surface area contributed by atoms with E-state index in [1.807, 2.05) is 18.9 Å². The number of aryl methyl sites for hydroxylation is 1. The van der Waals surface area contributed by atoms with Crippen molar-refractivity contribution >= 4 is 17.4 Å². The summed E-state index contributed by atoms with van der Waals surface area (Å²) in [6, 6.07) is 10.8. The molecule has 24 heavy (non-hydrogen) atoms. The summed E-state index contributed by atoms with van der Waals surface area (Å²) in [4.78, 5) is 17.7. The second-order valence-corrected chi connectivity index (χ2v) is 7.41. The lowest BCUT2D eigenvalue weighted by molar-refractivity contribution is 0.0501. The molecule has 0 N–H and O–H groups in total. The molecule has 128 valence electrons. The lowest BCUT2D eigenvalue weighted by Crippen LogP contribution is -2.50. The van der Waals surface area contributed by atoms with E-state index in [0.29, 0.717) is 10.8 Å². The summed E-state index contributed by atoms with van der Waals surface area (Å²) in [5.41, 5.74) is 2.07. The standard InChI is InChI=1S/C18H24N4OS/c1-13-11-22(12-15-7-5-4-6-8-15)10-9-16(13)21(3)18(23)17-14(2)19-20-24-17/h4-8,13,16H,9-12H2,1-3H3/t13-,16-/m0/s1. The number of rotatable bonds is 4. The Hall–Kier alpha value is -1.79. The Labute approximate surface area is 147 Å². The van der Waals surface area contributed by atoms with Crippen molar-refractivity contribution < 1.29 is 4.79 Å². The van der Waals surface area contributed by atoms with Crippen LogP contribution < -0.4 is 0 Å². The minimum Gasteiger partial charge on any atom is -0.338 e. The maximum atomic E-state index is 12.7. The van der Waals surface area contributed by atoms with Crippen LogP contribution in [0.1, 0.15) is 34.3 Å². The molecule has 0 saturated carbocycles. The molecule has 5 nitrogen and oxygen atoms in total. The van der Waals surface area contributed by atoms with Crippen molar-refractivity contribution in [2.75, 3.05) is 20.1 Å². The van der Waals surface area contributed by atoms with E-state index in [1.165, 1.54) is 17.1 Å². The smallest absolute Gasteiger partial charge is 0.267 e. The summed E-state index contributed by atoms with van der Waals surface area (Å²) in [6.45, 7) is 7.09. The first-order chi connectivity index (χ1) is 11.6. The van der Waals surface area contributed by atoms with Crippen molar-refractivity contribution in [2.24, 2.45) is 5.92 Å². The van der Waals surface area contributed by atoms with E-state index >= 15 is 0 Å². The Balaban J connectivity index is 1.61. The minimum absolute atomic E-state index is 0.0517. The molecule has 3 rings (SSSR count).